The first-order valence-electron chi connectivity index (χ1n) is 6.21. The number of hydrogen-bond acceptors (Lipinski definition) is 3. The molecule has 0 atom stereocenters. The summed E-state index contributed by atoms with van der Waals surface area (Å²) in [5.74, 6) is 0. The predicted octanol–water partition coefficient (Wildman–Crippen LogP) is 3.07. The van der Waals surface area contributed by atoms with E-state index in [1.807, 2.05) is 4.90 Å². The third-order valence-electron chi connectivity index (χ3n) is 2.84. The lowest BCUT2D eigenvalue weighted by atomic mass is 10.1. The number of rotatable bonds is 7. The van der Waals surface area contributed by atoms with Crippen molar-refractivity contribution < 1.29 is 17.9 Å². The summed E-state index contributed by atoms with van der Waals surface area (Å²) in [5, 5.41) is 8.60. The summed E-state index contributed by atoms with van der Waals surface area (Å²) in [6.45, 7) is 2.23. The lowest BCUT2D eigenvalue weighted by molar-refractivity contribution is -0.137. The fraction of sp³-hybridized carbons (Fsp3) is 0.500. The second kappa shape index (κ2) is 7.88. The summed E-state index contributed by atoms with van der Waals surface area (Å²) in [7, 11) is 1.58. The highest BCUT2D eigenvalue weighted by molar-refractivity contribution is 5.24. The molecule has 3 nitrogen and oxygen atoms in total. The van der Waals surface area contributed by atoms with Crippen molar-refractivity contribution in [3.8, 4) is 6.07 Å². The normalized spacial score (nSPS) is 11.6. The molecule has 0 aliphatic heterocycles. The van der Waals surface area contributed by atoms with Gasteiger partial charge in [-0.15, -0.1) is 0 Å². The van der Waals surface area contributed by atoms with Crippen molar-refractivity contribution in [1.82, 2.24) is 4.90 Å². The number of halogens is 3. The lowest BCUT2D eigenvalue weighted by Gasteiger charge is -2.21. The zero-order valence-corrected chi connectivity index (χ0v) is 11.3. The quantitative estimate of drug-likeness (QED) is 0.773. The maximum Gasteiger partial charge on any atom is 0.416 e. The van der Waals surface area contributed by atoms with E-state index in [-0.39, 0.29) is 0 Å². The van der Waals surface area contributed by atoms with Gasteiger partial charge in [-0.1, -0.05) is 12.1 Å². The Labute approximate surface area is 116 Å². The van der Waals surface area contributed by atoms with Crippen LogP contribution >= 0.6 is 0 Å². The molecule has 0 heterocycles. The molecule has 110 valence electrons. The van der Waals surface area contributed by atoms with Gasteiger partial charge in [0.15, 0.2) is 0 Å². The number of ether oxygens (including phenoxy) is 1. The molecule has 1 aromatic carbocycles. The number of alkyl halides is 3. The van der Waals surface area contributed by atoms with E-state index in [0.717, 1.165) is 17.7 Å². The van der Waals surface area contributed by atoms with Crippen LogP contribution in [0, 0.1) is 11.3 Å². The maximum absolute atomic E-state index is 12.5. The molecule has 0 saturated carbocycles. The zero-order valence-electron chi connectivity index (χ0n) is 11.3. The van der Waals surface area contributed by atoms with E-state index < -0.39 is 11.7 Å². The molecule has 0 N–H and O–H groups in total. The summed E-state index contributed by atoms with van der Waals surface area (Å²) in [6, 6.07) is 7.15. The van der Waals surface area contributed by atoms with Crippen LogP contribution in [0.25, 0.3) is 0 Å². The molecule has 0 saturated heterocycles. The van der Waals surface area contributed by atoms with Gasteiger partial charge < -0.3 is 4.74 Å². The van der Waals surface area contributed by atoms with E-state index in [2.05, 4.69) is 6.07 Å². The van der Waals surface area contributed by atoms with E-state index in [0.29, 0.717) is 32.7 Å². The van der Waals surface area contributed by atoms with E-state index in [4.69, 9.17) is 10.00 Å². The molecular formula is C14H17F3N2O. The van der Waals surface area contributed by atoms with Gasteiger partial charge in [0.2, 0.25) is 0 Å². The monoisotopic (exact) mass is 286 g/mol. The molecule has 0 spiro atoms. The van der Waals surface area contributed by atoms with Gasteiger partial charge in [-0.2, -0.15) is 18.4 Å². The van der Waals surface area contributed by atoms with E-state index in [1.54, 1.807) is 7.11 Å². The van der Waals surface area contributed by atoms with Crippen molar-refractivity contribution in [2.24, 2.45) is 0 Å². The van der Waals surface area contributed by atoms with Gasteiger partial charge in [-0.3, -0.25) is 4.90 Å². The molecule has 1 rings (SSSR count). The summed E-state index contributed by atoms with van der Waals surface area (Å²) in [6.07, 6.45) is -3.93. The second-order valence-electron chi connectivity index (χ2n) is 4.37. The number of nitrogens with zero attached hydrogens (tertiary/aromatic N) is 2. The first-order chi connectivity index (χ1) is 9.47. The molecule has 0 aromatic heterocycles. The molecule has 6 heteroatoms. The average Bonchev–Trinajstić information content (AvgIpc) is 2.41. The Morgan fingerprint density at radius 3 is 2.35 bits per heavy atom. The van der Waals surface area contributed by atoms with Crippen molar-refractivity contribution in [2.45, 2.75) is 19.1 Å². The van der Waals surface area contributed by atoms with Crippen LogP contribution in [0.2, 0.25) is 0 Å². The smallest absolute Gasteiger partial charge is 0.383 e. The van der Waals surface area contributed by atoms with Gasteiger partial charge in [-0.25, -0.2) is 0 Å². The Morgan fingerprint density at radius 1 is 1.20 bits per heavy atom. The Kier molecular flexibility index (Phi) is 6.49. The van der Waals surface area contributed by atoms with Crippen LogP contribution in [-0.2, 0) is 17.5 Å². The fourth-order valence-electron chi connectivity index (χ4n) is 1.76. The molecule has 0 aliphatic carbocycles. The molecule has 0 unspecified atom stereocenters. The van der Waals surface area contributed by atoms with E-state index in [1.165, 1.54) is 12.1 Å². The van der Waals surface area contributed by atoms with Gasteiger partial charge in [0.1, 0.15) is 0 Å². The Hall–Kier alpha value is -1.58. The molecular weight excluding hydrogens is 269 g/mol. The van der Waals surface area contributed by atoms with Gasteiger partial charge >= 0.3 is 6.18 Å². The Morgan fingerprint density at radius 2 is 1.85 bits per heavy atom. The van der Waals surface area contributed by atoms with Crippen molar-refractivity contribution in [3.63, 3.8) is 0 Å². The minimum absolute atomic E-state index is 0.379. The number of nitriles is 1. The van der Waals surface area contributed by atoms with Crippen LogP contribution in [0.5, 0.6) is 0 Å². The van der Waals surface area contributed by atoms with Crippen molar-refractivity contribution in [1.29, 1.82) is 5.26 Å². The van der Waals surface area contributed by atoms with Crippen molar-refractivity contribution in [2.75, 3.05) is 26.8 Å². The zero-order chi connectivity index (χ0) is 15.0. The van der Waals surface area contributed by atoms with Crippen LogP contribution in [0.4, 0.5) is 13.2 Å². The number of hydrogen-bond donors (Lipinski definition) is 0. The van der Waals surface area contributed by atoms with Crippen LogP contribution in [0.3, 0.4) is 0 Å². The van der Waals surface area contributed by atoms with Gasteiger partial charge in [-0.05, 0) is 17.7 Å². The molecule has 0 bridgehead atoms. The summed E-state index contributed by atoms with van der Waals surface area (Å²) in [5.41, 5.74) is 0.133. The van der Waals surface area contributed by atoms with Crippen LogP contribution < -0.4 is 0 Å². The van der Waals surface area contributed by atoms with E-state index in [9.17, 15) is 13.2 Å². The molecule has 0 amide bonds. The van der Waals surface area contributed by atoms with Crippen LogP contribution in [0.15, 0.2) is 24.3 Å². The Bertz CT molecular complexity index is 437. The lowest BCUT2D eigenvalue weighted by Crippen LogP contribution is -2.28. The second-order valence-corrected chi connectivity index (χ2v) is 4.37. The summed E-state index contributed by atoms with van der Waals surface area (Å²) < 4.78 is 42.3. The molecule has 0 fully saturated rings. The highest BCUT2D eigenvalue weighted by Gasteiger charge is 2.29. The van der Waals surface area contributed by atoms with Gasteiger partial charge in [0, 0.05) is 33.2 Å². The topological polar surface area (TPSA) is 36.3 Å². The third kappa shape index (κ3) is 5.59. The number of benzene rings is 1. The van der Waals surface area contributed by atoms with Crippen LogP contribution in [0.1, 0.15) is 17.5 Å². The minimum atomic E-state index is -4.31. The average molecular weight is 286 g/mol. The largest absolute Gasteiger partial charge is 0.416 e. The summed E-state index contributed by atoms with van der Waals surface area (Å²) >= 11 is 0. The van der Waals surface area contributed by atoms with Crippen LogP contribution in [-0.4, -0.2) is 31.7 Å². The Balaban J connectivity index is 2.65. The van der Waals surface area contributed by atoms with Crippen molar-refractivity contribution >= 4 is 0 Å². The van der Waals surface area contributed by atoms with Gasteiger partial charge in [0.05, 0.1) is 18.2 Å². The maximum atomic E-state index is 12.5. The SMILES string of the molecule is COCCN(CCC#N)Cc1ccc(C(F)(F)F)cc1. The molecule has 0 aliphatic rings. The standard InChI is InChI=1S/C14H17F3N2O/c1-20-10-9-19(8-2-7-18)11-12-3-5-13(6-4-12)14(15,16)17/h3-6H,2,8-11H2,1H3. The van der Waals surface area contributed by atoms with E-state index >= 15 is 0 Å². The highest BCUT2D eigenvalue weighted by atomic mass is 19.4. The summed E-state index contributed by atoms with van der Waals surface area (Å²) in [4.78, 5) is 1.98. The fourth-order valence-corrected chi connectivity index (χ4v) is 1.76. The number of methoxy groups -OCH3 is 1. The minimum Gasteiger partial charge on any atom is -0.383 e. The molecule has 1 aromatic rings. The first-order valence-corrected chi connectivity index (χ1v) is 6.21. The molecule has 0 radical (unpaired) electrons. The van der Waals surface area contributed by atoms with Gasteiger partial charge in [0.25, 0.3) is 0 Å². The highest BCUT2D eigenvalue weighted by Crippen LogP contribution is 2.29. The first kappa shape index (κ1) is 16.5. The molecule has 20 heavy (non-hydrogen) atoms. The third-order valence-corrected chi connectivity index (χ3v) is 2.84. The predicted molar refractivity (Wildman–Crippen MR) is 68.8 cm³/mol. The van der Waals surface area contributed by atoms with Crippen molar-refractivity contribution in [3.05, 3.63) is 35.4 Å².